The summed E-state index contributed by atoms with van der Waals surface area (Å²) in [7, 11) is 1.91. The summed E-state index contributed by atoms with van der Waals surface area (Å²) < 4.78 is 0. The zero-order valence-corrected chi connectivity index (χ0v) is 13.9. The van der Waals surface area contributed by atoms with Crippen LogP contribution in [0.15, 0.2) is 42.6 Å². The number of rotatable bonds is 7. The van der Waals surface area contributed by atoms with E-state index in [1.807, 2.05) is 30.1 Å². The van der Waals surface area contributed by atoms with E-state index in [1.165, 1.54) is 18.2 Å². The van der Waals surface area contributed by atoms with Gasteiger partial charge in [0.05, 0.1) is 4.92 Å². The van der Waals surface area contributed by atoms with Gasteiger partial charge in [-0.2, -0.15) is 0 Å². The van der Waals surface area contributed by atoms with Gasteiger partial charge in [-0.05, 0) is 30.7 Å². The average Bonchev–Trinajstić information content (AvgIpc) is 2.59. The second-order valence-corrected chi connectivity index (χ2v) is 5.57. The molecule has 0 bridgehead atoms. The van der Waals surface area contributed by atoms with E-state index in [4.69, 9.17) is 11.6 Å². The Hall–Kier alpha value is -2.67. The Balaban J connectivity index is 1.87. The van der Waals surface area contributed by atoms with Crippen molar-refractivity contribution < 1.29 is 9.72 Å². The van der Waals surface area contributed by atoms with Crippen molar-refractivity contribution in [2.45, 2.75) is 6.42 Å². The minimum Gasteiger partial charge on any atom is -0.360 e. The Kier molecular flexibility index (Phi) is 6.08. The highest BCUT2D eigenvalue weighted by atomic mass is 35.5. The molecule has 0 aliphatic heterocycles. The van der Waals surface area contributed by atoms with Gasteiger partial charge in [0.25, 0.3) is 11.6 Å². The molecule has 0 atom stereocenters. The van der Waals surface area contributed by atoms with Gasteiger partial charge in [0.15, 0.2) is 0 Å². The van der Waals surface area contributed by atoms with Crippen LogP contribution in [0.1, 0.15) is 16.8 Å². The van der Waals surface area contributed by atoms with Crippen molar-refractivity contribution in [3.05, 3.63) is 63.3 Å². The van der Waals surface area contributed by atoms with Gasteiger partial charge in [-0.3, -0.25) is 14.9 Å². The van der Waals surface area contributed by atoms with Crippen molar-refractivity contribution in [1.82, 2.24) is 10.3 Å². The standard InChI is InChI=1S/C16H17ClN4O3/c1-20(15-5-2-3-8-18-15)10-4-9-19-16(22)13-7-6-12(17)11-14(13)21(23)24/h2-3,5-8,11H,4,9-10H2,1H3,(H,19,22). The highest BCUT2D eigenvalue weighted by molar-refractivity contribution is 6.31. The predicted octanol–water partition coefficient (Wildman–Crippen LogP) is 2.90. The molecule has 1 heterocycles. The van der Waals surface area contributed by atoms with Gasteiger partial charge in [0.1, 0.15) is 11.4 Å². The maximum atomic E-state index is 12.1. The molecule has 0 fully saturated rings. The Morgan fingerprint density at radius 3 is 2.83 bits per heavy atom. The fraction of sp³-hybridized carbons (Fsp3) is 0.250. The summed E-state index contributed by atoms with van der Waals surface area (Å²) in [6, 6.07) is 9.63. The number of carbonyl (C=O) groups is 1. The lowest BCUT2D eigenvalue weighted by molar-refractivity contribution is -0.385. The minimum atomic E-state index is -0.615. The number of hydrogen-bond acceptors (Lipinski definition) is 5. The highest BCUT2D eigenvalue weighted by Crippen LogP contribution is 2.23. The van der Waals surface area contributed by atoms with E-state index in [0.717, 1.165) is 5.82 Å². The number of pyridine rings is 1. The number of nitro groups is 1. The Labute approximate surface area is 144 Å². The average molecular weight is 349 g/mol. The molecule has 0 aliphatic rings. The largest absolute Gasteiger partial charge is 0.360 e. The van der Waals surface area contributed by atoms with Gasteiger partial charge in [-0.25, -0.2) is 4.98 Å². The van der Waals surface area contributed by atoms with Gasteiger partial charge in [-0.1, -0.05) is 17.7 Å². The van der Waals surface area contributed by atoms with Crippen molar-refractivity contribution in [2.75, 3.05) is 25.0 Å². The Bertz CT molecular complexity index is 725. The fourth-order valence-corrected chi connectivity index (χ4v) is 2.32. The van der Waals surface area contributed by atoms with E-state index >= 15 is 0 Å². The summed E-state index contributed by atoms with van der Waals surface area (Å²) in [6.45, 7) is 1.09. The Morgan fingerprint density at radius 1 is 1.38 bits per heavy atom. The normalized spacial score (nSPS) is 10.2. The van der Waals surface area contributed by atoms with Crippen LogP contribution in [-0.4, -0.2) is 36.0 Å². The van der Waals surface area contributed by atoms with Gasteiger partial charge in [0, 0.05) is 37.4 Å². The van der Waals surface area contributed by atoms with Crippen molar-refractivity contribution in [2.24, 2.45) is 0 Å². The maximum absolute atomic E-state index is 12.1. The van der Waals surface area contributed by atoms with E-state index in [2.05, 4.69) is 10.3 Å². The molecule has 126 valence electrons. The van der Waals surface area contributed by atoms with Crippen LogP contribution in [-0.2, 0) is 0 Å². The molecule has 24 heavy (non-hydrogen) atoms. The van der Waals surface area contributed by atoms with Gasteiger partial charge in [0.2, 0.25) is 0 Å². The number of aromatic nitrogens is 1. The van der Waals surface area contributed by atoms with Crippen LogP contribution in [0.3, 0.4) is 0 Å². The van der Waals surface area contributed by atoms with Gasteiger partial charge in [-0.15, -0.1) is 0 Å². The molecule has 1 aromatic carbocycles. The number of nitrogens with one attached hydrogen (secondary N) is 1. The topological polar surface area (TPSA) is 88.4 Å². The quantitative estimate of drug-likeness (QED) is 0.472. The van der Waals surface area contributed by atoms with E-state index in [9.17, 15) is 14.9 Å². The van der Waals surface area contributed by atoms with E-state index in [-0.39, 0.29) is 16.3 Å². The smallest absolute Gasteiger partial charge is 0.283 e. The number of amides is 1. The third kappa shape index (κ3) is 4.66. The van der Waals surface area contributed by atoms with E-state index < -0.39 is 10.8 Å². The van der Waals surface area contributed by atoms with Crippen LogP contribution < -0.4 is 10.2 Å². The molecule has 8 heteroatoms. The Morgan fingerprint density at radius 2 is 2.17 bits per heavy atom. The first kappa shape index (κ1) is 17.7. The molecule has 0 spiro atoms. The number of anilines is 1. The second-order valence-electron chi connectivity index (χ2n) is 5.14. The summed E-state index contributed by atoms with van der Waals surface area (Å²) in [4.78, 5) is 28.7. The van der Waals surface area contributed by atoms with E-state index in [0.29, 0.717) is 19.5 Å². The molecule has 0 saturated heterocycles. The number of carbonyl (C=O) groups excluding carboxylic acids is 1. The number of nitro benzene ring substituents is 1. The molecule has 0 unspecified atom stereocenters. The molecular weight excluding hydrogens is 332 g/mol. The number of hydrogen-bond donors (Lipinski definition) is 1. The second kappa shape index (κ2) is 8.26. The molecular formula is C16H17ClN4O3. The lowest BCUT2D eigenvalue weighted by atomic mass is 10.1. The first-order valence-corrected chi connectivity index (χ1v) is 7.71. The molecule has 2 rings (SSSR count). The molecule has 7 nitrogen and oxygen atoms in total. The molecule has 0 aliphatic carbocycles. The number of halogens is 1. The zero-order valence-electron chi connectivity index (χ0n) is 13.1. The van der Waals surface area contributed by atoms with Crippen molar-refractivity contribution >= 4 is 29.0 Å². The molecule has 1 N–H and O–H groups in total. The van der Waals surface area contributed by atoms with Crippen LogP contribution in [0.4, 0.5) is 11.5 Å². The number of benzene rings is 1. The first-order chi connectivity index (χ1) is 11.5. The summed E-state index contributed by atoms with van der Waals surface area (Å²) >= 11 is 5.74. The highest BCUT2D eigenvalue weighted by Gasteiger charge is 2.20. The third-order valence-electron chi connectivity index (χ3n) is 3.40. The van der Waals surface area contributed by atoms with Crippen molar-refractivity contribution in [1.29, 1.82) is 0 Å². The number of nitrogens with zero attached hydrogens (tertiary/aromatic N) is 3. The maximum Gasteiger partial charge on any atom is 0.283 e. The van der Waals surface area contributed by atoms with Crippen LogP contribution in [0, 0.1) is 10.1 Å². The molecule has 2 aromatic rings. The zero-order chi connectivity index (χ0) is 17.5. The van der Waals surface area contributed by atoms with Gasteiger partial charge < -0.3 is 10.2 Å². The molecule has 0 saturated carbocycles. The minimum absolute atomic E-state index is 0.00230. The van der Waals surface area contributed by atoms with E-state index in [1.54, 1.807) is 6.20 Å². The molecule has 1 amide bonds. The van der Waals surface area contributed by atoms with Crippen LogP contribution in [0.2, 0.25) is 5.02 Å². The first-order valence-electron chi connectivity index (χ1n) is 7.33. The lowest BCUT2D eigenvalue weighted by Gasteiger charge is -2.17. The third-order valence-corrected chi connectivity index (χ3v) is 3.63. The summed E-state index contributed by atoms with van der Waals surface area (Å²) in [5.41, 5.74) is -0.298. The SMILES string of the molecule is CN(CCCNC(=O)c1ccc(Cl)cc1[N+](=O)[O-])c1ccccn1. The monoisotopic (exact) mass is 348 g/mol. The van der Waals surface area contributed by atoms with Gasteiger partial charge >= 0.3 is 0 Å². The van der Waals surface area contributed by atoms with Crippen molar-refractivity contribution in [3.8, 4) is 0 Å². The summed E-state index contributed by atoms with van der Waals surface area (Å²) in [5, 5.41) is 13.9. The lowest BCUT2D eigenvalue weighted by Crippen LogP contribution is -2.28. The van der Waals surface area contributed by atoms with Crippen LogP contribution in [0.25, 0.3) is 0 Å². The van der Waals surface area contributed by atoms with Crippen LogP contribution in [0.5, 0.6) is 0 Å². The molecule has 0 radical (unpaired) electrons. The summed E-state index contributed by atoms with van der Waals surface area (Å²) in [6.07, 6.45) is 2.40. The van der Waals surface area contributed by atoms with Crippen LogP contribution >= 0.6 is 11.6 Å². The van der Waals surface area contributed by atoms with Crippen molar-refractivity contribution in [3.63, 3.8) is 0 Å². The molecule has 1 aromatic heterocycles. The predicted molar refractivity (Wildman–Crippen MR) is 92.6 cm³/mol. The fourth-order valence-electron chi connectivity index (χ4n) is 2.16. The summed E-state index contributed by atoms with van der Waals surface area (Å²) in [5.74, 6) is 0.357.